The fourth-order valence-electron chi connectivity index (χ4n) is 4.24. The molecule has 0 spiro atoms. The third kappa shape index (κ3) is 5.68. The summed E-state index contributed by atoms with van der Waals surface area (Å²) < 4.78 is 34.0. The van der Waals surface area contributed by atoms with Gasteiger partial charge in [-0.15, -0.1) is 0 Å². The highest BCUT2D eigenvalue weighted by molar-refractivity contribution is 7.89. The highest BCUT2D eigenvalue weighted by atomic mass is 32.2. The zero-order chi connectivity index (χ0) is 25.0. The second-order valence-corrected chi connectivity index (χ2v) is 10.8. The van der Waals surface area contributed by atoms with E-state index in [2.05, 4.69) is 15.5 Å². The molecule has 1 amide bonds. The van der Waals surface area contributed by atoms with Crippen LogP contribution in [0.1, 0.15) is 46.5 Å². The molecule has 2 aromatic heterocycles. The number of amides is 1. The molecule has 1 saturated heterocycles. The summed E-state index contributed by atoms with van der Waals surface area (Å²) in [6.45, 7) is 6.44. The van der Waals surface area contributed by atoms with E-state index >= 15 is 0 Å². The molecule has 0 bridgehead atoms. The van der Waals surface area contributed by atoms with Gasteiger partial charge in [0, 0.05) is 32.0 Å². The molecule has 0 unspecified atom stereocenters. The Morgan fingerprint density at radius 2 is 2.06 bits per heavy atom. The molecule has 184 valence electrons. The standard InChI is InChI=1S/C26H30N4O4S/c1-18-8-9-19(2)22(14-18)10-11-24-25(20(3)29-34-24)35(32,33)30-13-5-7-23(17-30)26(31)28-16-21-6-4-12-27-15-21/h4,6,8-12,14-15,23H,5,7,13,16-17H2,1-3H3,(H,28,31)/b11-10+/t23-/m0/s1. The maximum Gasteiger partial charge on any atom is 0.248 e. The first kappa shape index (κ1) is 24.8. The molecule has 3 heterocycles. The number of hydrogen-bond acceptors (Lipinski definition) is 6. The van der Waals surface area contributed by atoms with Crippen LogP contribution in [0, 0.1) is 26.7 Å². The Bertz CT molecular complexity index is 1330. The third-order valence-corrected chi connectivity index (χ3v) is 8.25. The van der Waals surface area contributed by atoms with E-state index in [0.717, 1.165) is 22.3 Å². The van der Waals surface area contributed by atoms with E-state index in [9.17, 15) is 13.2 Å². The smallest absolute Gasteiger partial charge is 0.248 e. The molecule has 9 heteroatoms. The van der Waals surface area contributed by atoms with E-state index in [1.54, 1.807) is 25.4 Å². The minimum absolute atomic E-state index is 0.0514. The molecule has 0 aliphatic carbocycles. The number of aryl methyl sites for hydroxylation is 3. The number of nitrogens with one attached hydrogen (secondary N) is 1. The van der Waals surface area contributed by atoms with Crippen molar-refractivity contribution in [1.82, 2.24) is 19.8 Å². The first-order chi connectivity index (χ1) is 16.8. The van der Waals surface area contributed by atoms with Crippen molar-refractivity contribution in [2.75, 3.05) is 13.1 Å². The summed E-state index contributed by atoms with van der Waals surface area (Å²) >= 11 is 0. The lowest BCUT2D eigenvalue weighted by atomic mass is 9.99. The van der Waals surface area contributed by atoms with Crippen molar-refractivity contribution >= 4 is 28.1 Å². The van der Waals surface area contributed by atoms with Crippen molar-refractivity contribution in [1.29, 1.82) is 0 Å². The largest absolute Gasteiger partial charge is 0.355 e. The fourth-order valence-corrected chi connectivity index (χ4v) is 6.02. The lowest BCUT2D eigenvalue weighted by molar-refractivity contribution is -0.126. The van der Waals surface area contributed by atoms with E-state index in [1.165, 1.54) is 4.31 Å². The average molecular weight is 495 g/mol. The molecule has 3 aromatic rings. The molecular formula is C26H30N4O4S. The lowest BCUT2D eigenvalue weighted by Gasteiger charge is -2.31. The van der Waals surface area contributed by atoms with E-state index in [-0.39, 0.29) is 23.1 Å². The van der Waals surface area contributed by atoms with Gasteiger partial charge in [-0.05, 0) is 62.4 Å². The number of pyridine rings is 1. The molecule has 1 aliphatic heterocycles. The van der Waals surface area contributed by atoms with Crippen LogP contribution in [-0.4, -0.2) is 41.9 Å². The molecule has 35 heavy (non-hydrogen) atoms. The van der Waals surface area contributed by atoms with Crippen LogP contribution in [0.15, 0.2) is 52.1 Å². The van der Waals surface area contributed by atoms with Gasteiger partial charge in [0.25, 0.3) is 0 Å². The van der Waals surface area contributed by atoms with Crippen molar-refractivity contribution in [2.24, 2.45) is 5.92 Å². The van der Waals surface area contributed by atoms with Gasteiger partial charge in [0.1, 0.15) is 5.69 Å². The Kier molecular flexibility index (Phi) is 7.47. The number of rotatable bonds is 7. The topological polar surface area (TPSA) is 105 Å². The Balaban J connectivity index is 1.51. The van der Waals surface area contributed by atoms with Crippen molar-refractivity contribution < 1.29 is 17.7 Å². The van der Waals surface area contributed by atoms with Gasteiger partial charge in [-0.3, -0.25) is 9.78 Å². The SMILES string of the molecule is Cc1ccc(C)c(/C=C/c2onc(C)c2S(=O)(=O)N2CCC[C@H](C(=O)NCc3cccnc3)C2)c1. The highest BCUT2D eigenvalue weighted by Gasteiger charge is 2.36. The molecule has 4 rings (SSSR count). The highest BCUT2D eigenvalue weighted by Crippen LogP contribution is 2.29. The van der Waals surface area contributed by atoms with Gasteiger partial charge in [0.2, 0.25) is 15.9 Å². The molecule has 8 nitrogen and oxygen atoms in total. The minimum Gasteiger partial charge on any atom is -0.355 e. The average Bonchev–Trinajstić information content (AvgIpc) is 3.24. The summed E-state index contributed by atoms with van der Waals surface area (Å²) in [5.74, 6) is -0.401. The zero-order valence-electron chi connectivity index (χ0n) is 20.2. The Morgan fingerprint density at radius 1 is 1.23 bits per heavy atom. The number of sulfonamides is 1. The van der Waals surface area contributed by atoms with Gasteiger partial charge in [-0.25, -0.2) is 8.42 Å². The number of aromatic nitrogens is 2. The summed E-state index contributed by atoms with van der Waals surface area (Å²) in [7, 11) is -3.90. The monoisotopic (exact) mass is 494 g/mol. The second-order valence-electron chi connectivity index (χ2n) is 8.94. The van der Waals surface area contributed by atoms with Crippen molar-refractivity contribution in [2.45, 2.75) is 45.1 Å². The number of hydrogen-bond donors (Lipinski definition) is 1. The maximum absolute atomic E-state index is 13.6. The fraction of sp³-hybridized carbons (Fsp3) is 0.346. The summed E-state index contributed by atoms with van der Waals surface area (Å²) in [6.07, 6.45) is 8.09. The summed E-state index contributed by atoms with van der Waals surface area (Å²) in [5.41, 5.74) is 4.35. The summed E-state index contributed by atoms with van der Waals surface area (Å²) in [5, 5.41) is 6.83. The first-order valence-electron chi connectivity index (χ1n) is 11.6. The Labute approximate surface area is 206 Å². The molecule has 0 radical (unpaired) electrons. The second kappa shape index (κ2) is 10.5. The lowest BCUT2D eigenvalue weighted by Crippen LogP contribution is -2.45. The van der Waals surface area contributed by atoms with Gasteiger partial charge >= 0.3 is 0 Å². The predicted octanol–water partition coefficient (Wildman–Crippen LogP) is 3.88. The van der Waals surface area contributed by atoms with E-state index in [1.807, 2.05) is 50.3 Å². The Morgan fingerprint density at radius 3 is 2.83 bits per heavy atom. The van der Waals surface area contributed by atoms with Crippen molar-refractivity contribution in [3.8, 4) is 0 Å². The predicted molar refractivity (Wildman–Crippen MR) is 134 cm³/mol. The normalized spacial score (nSPS) is 17.1. The number of benzene rings is 1. The van der Waals surface area contributed by atoms with Crippen LogP contribution in [0.25, 0.3) is 12.2 Å². The van der Waals surface area contributed by atoms with E-state index in [4.69, 9.17) is 4.52 Å². The first-order valence-corrected chi connectivity index (χ1v) is 13.1. The van der Waals surface area contributed by atoms with E-state index < -0.39 is 15.9 Å². The van der Waals surface area contributed by atoms with Crippen LogP contribution < -0.4 is 5.32 Å². The van der Waals surface area contributed by atoms with Gasteiger partial charge < -0.3 is 9.84 Å². The number of carbonyl (C=O) groups excluding carboxylic acids is 1. The molecule has 0 saturated carbocycles. The van der Waals surface area contributed by atoms with E-state index in [0.29, 0.717) is 31.6 Å². The van der Waals surface area contributed by atoms with Crippen LogP contribution in [0.4, 0.5) is 0 Å². The van der Waals surface area contributed by atoms with Gasteiger partial charge in [-0.1, -0.05) is 41.1 Å². The number of carbonyl (C=O) groups is 1. The quantitative estimate of drug-likeness (QED) is 0.534. The van der Waals surface area contributed by atoms with Gasteiger partial charge in [-0.2, -0.15) is 4.31 Å². The Hall–Kier alpha value is -3.30. The van der Waals surface area contributed by atoms with Crippen LogP contribution >= 0.6 is 0 Å². The summed E-state index contributed by atoms with van der Waals surface area (Å²) in [6, 6.07) is 9.77. The van der Waals surface area contributed by atoms with Gasteiger partial charge in [0.15, 0.2) is 10.7 Å². The maximum atomic E-state index is 13.6. The van der Waals surface area contributed by atoms with Crippen molar-refractivity contribution in [3.05, 3.63) is 76.4 Å². The minimum atomic E-state index is -3.90. The van der Waals surface area contributed by atoms with Crippen LogP contribution in [0.2, 0.25) is 0 Å². The molecule has 1 atom stereocenters. The molecule has 1 aromatic carbocycles. The molecule has 1 aliphatic rings. The van der Waals surface area contributed by atoms with Crippen molar-refractivity contribution in [3.63, 3.8) is 0 Å². The third-order valence-electron chi connectivity index (χ3n) is 6.22. The molecule has 1 N–H and O–H groups in total. The van der Waals surface area contributed by atoms with Crippen LogP contribution in [0.3, 0.4) is 0 Å². The summed E-state index contributed by atoms with van der Waals surface area (Å²) in [4.78, 5) is 16.9. The van der Waals surface area contributed by atoms with Crippen LogP contribution in [-0.2, 0) is 21.4 Å². The number of piperidine rings is 1. The zero-order valence-corrected chi connectivity index (χ0v) is 21.0. The van der Waals surface area contributed by atoms with Gasteiger partial charge in [0.05, 0.1) is 5.92 Å². The molecular weight excluding hydrogens is 464 g/mol. The van der Waals surface area contributed by atoms with Crippen LogP contribution in [0.5, 0.6) is 0 Å². The number of nitrogens with zero attached hydrogens (tertiary/aromatic N) is 3. The molecule has 1 fully saturated rings.